The molecule has 2 amide bonds. The Bertz CT molecular complexity index is 527. The maximum atomic E-state index is 12.0. The fourth-order valence-corrected chi connectivity index (χ4v) is 2.16. The predicted octanol–water partition coefficient (Wildman–Crippen LogP) is 1.41. The summed E-state index contributed by atoms with van der Waals surface area (Å²) in [5, 5.41) is 8.96. The van der Waals surface area contributed by atoms with Crippen LogP contribution in [0.25, 0.3) is 0 Å². The first kappa shape index (κ1) is 15.8. The summed E-state index contributed by atoms with van der Waals surface area (Å²) in [6, 6.07) is 7.10. The highest BCUT2D eigenvalue weighted by Gasteiger charge is 2.29. The van der Waals surface area contributed by atoms with Crippen LogP contribution < -0.4 is 16.0 Å². The van der Waals surface area contributed by atoms with Crippen molar-refractivity contribution in [3.8, 4) is 0 Å². The van der Waals surface area contributed by atoms with Gasteiger partial charge in [0.2, 0.25) is 5.91 Å². The molecule has 0 spiro atoms. The number of benzene rings is 1. The van der Waals surface area contributed by atoms with Crippen LogP contribution in [0.2, 0.25) is 0 Å². The van der Waals surface area contributed by atoms with Crippen molar-refractivity contribution in [1.29, 1.82) is 0 Å². The van der Waals surface area contributed by atoms with Crippen LogP contribution in [-0.4, -0.2) is 31.4 Å². The second-order valence-electron chi connectivity index (χ2n) is 5.58. The third kappa shape index (κ3) is 4.19. The molecule has 1 heterocycles. The van der Waals surface area contributed by atoms with Gasteiger partial charge in [-0.2, -0.15) is 0 Å². The number of hydrogen-bond donors (Lipinski definition) is 3. The summed E-state index contributed by atoms with van der Waals surface area (Å²) >= 11 is 0. The van der Waals surface area contributed by atoms with Gasteiger partial charge in [0.25, 0.3) is 5.91 Å². The van der Waals surface area contributed by atoms with Crippen LogP contribution in [0.15, 0.2) is 24.3 Å². The highest BCUT2D eigenvalue weighted by molar-refractivity contribution is 5.98. The van der Waals surface area contributed by atoms with Crippen LogP contribution in [-0.2, 0) is 4.79 Å². The minimum absolute atomic E-state index is 0. The van der Waals surface area contributed by atoms with Gasteiger partial charge in [-0.25, -0.2) is 0 Å². The van der Waals surface area contributed by atoms with Crippen LogP contribution in [0.1, 0.15) is 23.2 Å². The van der Waals surface area contributed by atoms with Crippen LogP contribution >= 0.6 is 12.4 Å². The lowest BCUT2D eigenvalue weighted by atomic mass is 10.0. The second-order valence-corrected chi connectivity index (χ2v) is 5.58. The van der Waals surface area contributed by atoms with Crippen molar-refractivity contribution in [2.75, 3.05) is 25.0 Å². The summed E-state index contributed by atoms with van der Waals surface area (Å²) in [6.45, 7) is 2.64. The average Bonchev–Trinajstić information content (AvgIpc) is 3.21. The van der Waals surface area contributed by atoms with E-state index < -0.39 is 0 Å². The summed E-state index contributed by atoms with van der Waals surface area (Å²) < 4.78 is 0. The SMILES string of the molecule is Cl.O=C(NCC1CNC1)c1cccc(NC(=O)C2CC2)c1. The highest BCUT2D eigenvalue weighted by Crippen LogP contribution is 2.30. The molecule has 0 radical (unpaired) electrons. The molecule has 3 N–H and O–H groups in total. The number of anilines is 1. The van der Waals surface area contributed by atoms with E-state index in [-0.39, 0.29) is 30.1 Å². The molecule has 21 heavy (non-hydrogen) atoms. The van der Waals surface area contributed by atoms with Gasteiger partial charge in [0, 0.05) is 42.7 Å². The molecule has 2 aliphatic rings. The molecule has 114 valence electrons. The summed E-state index contributed by atoms with van der Waals surface area (Å²) in [5.74, 6) is 0.679. The fraction of sp³-hybridized carbons (Fsp3) is 0.467. The normalized spacial score (nSPS) is 17.3. The topological polar surface area (TPSA) is 70.2 Å². The van der Waals surface area contributed by atoms with E-state index in [4.69, 9.17) is 0 Å². The van der Waals surface area contributed by atoms with Gasteiger partial charge in [-0.05, 0) is 31.0 Å². The number of carbonyl (C=O) groups excluding carboxylic acids is 2. The van der Waals surface area contributed by atoms with Gasteiger partial charge in [0.1, 0.15) is 0 Å². The lowest BCUT2D eigenvalue weighted by Gasteiger charge is -2.27. The molecule has 0 atom stereocenters. The van der Waals surface area contributed by atoms with Crippen molar-refractivity contribution < 1.29 is 9.59 Å². The van der Waals surface area contributed by atoms with Gasteiger partial charge in [-0.15, -0.1) is 12.4 Å². The number of rotatable bonds is 5. The van der Waals surface area contributed by atoms with E-state index in [0.29, 0.717) is 23.7 Å². The average molecular weight is 310 g/mol. The zero-order valence-electron chi connectivity index (χ0n) is 11.7. The molecule has 3 rings (SSSR count). The van der Waals surface area contributed by atoms with Gasteiger partial charge >= 0.3 is 0 Å². The molecular weight excluding hydrogens is 290 g/mol. The molecule has 1 saturated carbocycles. The summed E-state index contributed by atoms with van der Waals surface area (Å²) in [4.78, 5) is 23.7. The number of carbonyl (C=O) groups is 2. The van der Waals surface area contributed by atoms with Crippen molar-refractivity contribution in [2.24, 2.45) is 11.8 Å². The van der Waals surface area contributed by atoms with E-state index in [2.05, 4.69) is 16.0 Å². The first-order valence-electron chi connectivity index (χ1n) is 7.12. The van der Waals surface area contributed by atoms with Crippen molar-refractivity contribution in [1.82, 2.24) is 10.6 Å². The third-order valence-electron chi connectivity index (χ3n) is 3.76. The maximum absolute atomic E-state index is 12.0. The van der Waals surface area contributed by atoms with Gasteiger partial charge in [0.15, 0.2) is 0 Å². The van der Waals surface area contributed by atoms with E-state index in [0.717, 1.165) is 25.9 Å². The van der Waals surface area contributed by atoms with Crippen LogP contribution in [0.3, 0.4) is 0 Å². The Hall–Kier alpha value is -1.59. The molecule has 1 aromatic carbocycles. The van der Waals surface area contributed by atoms with Gasteiger partial charge in [-0.3, -0.25) is 9.59 Å². The Morgan fingerprint density at radius 2 is 2.00 bits per heavy atom. The van der Waals surface area contributed by atoms with Crippen LogP contribution in [0.5, 0.6) is 0 Å². The second kappa shape index (κ2) is 6.91. The van der Waals surface area contributed by atoms with E-state index in [1.807, 2.05) is 6.07 Å². The molecule has 1 aliphatic heterocycles. The zero-order valence-corrected chi connectivity index (χ0v) is 12.5. The summed E-state index contributed by atoms with van der Waals surface area (Å²) in [5.41, 5.74) is 1.28. The van der Waals surface area contributed by atoms with Gasteiger partial charge in [0.05, 0.1) is 0 Å². The molecule has 2 fully saturated rings. The molecule has 1 aliphatic carbocycles. The quantitative estimate of drug-likeness (QED) is 0.770. The van der Waals surface area contributed by atoms with Crippen LogP contribution in [0.4, 0.5) is 5.69 Å². The van der Waals surface area contributed by atoms with E-state index in [1.54, 1.807) is 18.2 Å². The van der Waals surface area contributed by atoms with Gasteiger partial charge in [-0.1, -0.05) is 6.07 Å². The molecule has 0 aromatic heterocycles. The highest BCUT2D eigenvalue weighted by atomic mass is 35.5. The smallest absolute Gasteiger partial charge is 0.251 e. The number of nitrogens with one attached hydrogen (secondary N) is 3. The first-order valence-corrected chi connectivity index (χ1v) is 7.12. The van der Waals surface area contributed by atoms with Crippen molar-refractivity contribution in [2.45, 2.75) is 12.8 Å². The Morgan fingerprint density at radius 3 is 2.62 bits per heavy atom. The monoisotopic (exact) mass is 309 g/mol. The predicted molar refractivity (Wildman–Crippen MR) is 83.7 cm³/mol. The van der Waals surface area contributed by atoms with Crippen LogP contribution in [0, 0.1) is 11.8 Å². The summed E-state index contributed by atoms with van der Waals surface area (Å²) in [6.07, 6.45) is 1.95. The summed E-state index contributed by atoms with van der Waals surface area (Å²) in [7, 11) is 0. The molecule has 1 aromatic rings. The largest absolute Gasteiger partial charge is 0.352 e. The third-order valence-corrected chi connectivity index (χ3v) is 3.76. The minimum atomic E-state index is -0.0839. The standard InChI is InChI=1S/C15H19N3O2.ClH/c19-14(17-9-10-7-16-8-10)12-2-1-3-13(6-12)18-15(20)11-4-5-11;/h1-3,6,10-11,16H,4-5,7-9H2,(H,17,19)(H,18,20);1H. The molecule has 6 heteroatoms. The van der Waals surface area contributed by atoms with Gasteiger partial charge < -0.3 is 16.0 Å². The maximum Gasteiger partial charge on any atom is 0.251 e. The molecular formula is C15H20ClN3O2. The van der Waals surface area contributed by atoms with E-state index in [1.165, 1.54) is 0 Å². The Morgan fingerprint density at radius 1 is 1.24 bits per heavy atom. The molecule has 0 unspecified atom stereocenters. The molecule has 0 bridgehead atoms. The number of hydrogen-bond acceptors (Lipinski definition) is 3. The molecule has 1 saturated heterocycles. The molecule has 5 nitrogen and oxygen atoms in total. The van der Waals surface area contributed by atoms with E-state index >= 15 is 0 Å². The zero-order chi connectivity index (χ0) is 13.9. The Kier molecular flexibility index (Phi) is 5.20. The Balaban J connectivity index is 0.00000161. The van der Waals surface area contributed by atoms with Crippen molar-refractivity contribution in [3.63, 3.8) is 0 Å². The van der Waals surface area contributed by atoms with E-state index in [9.17, 15) is 9.59 Å². The lowest BCUT2D eigenvalue weighted by Crippen LogP contribution is -2.48. The lowest BCUT2D eigenvalue weighted by molar-refractivity contribution is -0.117. The number of amides is 2. The minimum Gasteiger partial charge on any atom is -0.352 e. The Labute approximate surface area is 130 Å². The number of halogens is 1. The fourth-order valence-electron chi connectivity index (χ4n) is 2.16. The van der Waals surface area contributed by atoms with Crippen molar-refractivity contribution >= 4 is 29.9 Å². The first-order chi connectivity index (χ1) is 9.72. The van der Waals surface area contributed by atoms with Crippen molar-refractivity contribution in [3.05, 3.63) is 29.8 Å².